The molecule has 1 aliphatic heterocycles. The molecule has 0 fully saturated rings. The molecular formula is C19H20N4OS. The molecule has 1 aliphatic rings. The number of thioether (sulfide) groups is 1. The minimum Gasteiger partial charge on any atom is -0.411 e. The van der Waals surface area contributed by atoms with Crippen molar-refractivity contribution in [3.63, 3.8) is 0 Å². The summed E-state index contributed by atoms with van der Waals surface area (Å²) < 4.78 is 0. The fourth-order valence-corrected chi connectivity index (χ4v) is 4.24. The summed E-state index contributed by atoms with van der Waals surface area (Å²) in [6, 6.07) is 14.3. The Balaban J connectivity index is 1.64. The number of hydrogen-bond donors (Lipinski definition) is 2. The number of nitrogens with one attached hydrogen (secondary N) is 1. The zero-order chi connectivity index (χ0) is 17.2. The SMILES string of the molecule is CCN1CC/C(=N/O)c2cccc(CSc3nc4ccccc4[nH]3)c21. The average molecular weight is 352 g/mol. The van der Waals surface area contributed by atoms with E-state index in [2.05, 4.69) is 33.0 Å². The van der Waals surface area contributed by atoms with Gasteiger partial charge in [0.1, 0.15) is 0 Å². The number of hydrogen-bond acceptors (Lipinski definition) is 5. The van der Waals surface area contributed by atoms with Gasteiger partial charge in [-0.3, -0.25) is 0 Å². The van der Waals surface area contributed by atoms with Crippen LogP contribution in [0.15, 0.2) is 52.8 Å². The van der Waals surface area contributed by atoms with Crippen molar-refractivity contribution in [3.05, 3.63) is 53.6 Å². The molecule has 0 saturated heterocycles. The summed E-state index contributed by atoms with van der Waals surface area (Å²) in [7, 11) is 0. The van der Waals surface area contributed by atoms with Gasteiger partial charge >= 0.3 is 0 Å². The number of oxime groups is 1. The Hall–Kier alpha value is -2.47. The fourth-order valence-electron chi connectivity index (χ4n) is 3.37. The van der Waals surface area contributed by atoms with Gasteiger partial charge in [0.2, 0.25) is 0 Å². The molecule has 128 valence electrons. The van der Waals surface area contributed by atoms with Crippen molar-refractivity contribution in [1.29, 1.82) is 0 Å². The third-order valence-corrected chi connectivity index (χ3v) is 5.52. The van der Waals surface area contributed by atoms with Crippen LogP contribution in [0.1, 0.15) is 24.5 Å². The van der Waals surface area contributed by atoms with Crippen LogP contribution in [0, 0.1) is 0 Å². The number of nitrogens with zero attached hydrogens (tertiary/aromatic N) is 3. The van der Waals surface area contributed by atoms with Crippen molar-refractivity contribution in [2.45, 2.75) is 24.3 Å². The van der Waals surface area contributed by atoms with Crippen LogP contribution in [0.5, 0.6) is 0 Å². The van der Waals surface area contributed by atoms with Gasteiger partial charge in [0.05, 0.1) is 22.4 Å². The minimum atomic E-state index is 0.773. The second-order valence-corrected chi connectivity index (χ2v) is 7.00. The van der Waals surface area contributed by atoms with Gasteiger partial charge in [-0.25, -0.2) is 4.98 Å². The summed E-state index contributed by atoms with van der Waals surface area (Å²) in [6.45, 7) is 3.99. The Kier molecular flexibility index (Phi) is 4.36. The molecule has 6 heteroatoms. The van der Waals surface area contributed by atoms with E-state index in [0.717, 1.165) is 52.7 Å². The molecule has 5 nitrogen and oxygen atoms in total. The lowest BCUT2D eigenvalue weighted by atomic mass is 9.96. The number of anilines is 1. The van der Waals surface area contributed by atoms with Crippen molar-refractivity contribution in [2.24, 2.45) is 5.16 Å². The first-order valence-electron chi connectivity index (χ1n) is 8.46. The first-order chi connectivity index (χ1) is 12.3. The van der Waals surface area contributed by atoms with E-state index in [-0.39, 0.29) is 0 Å². The molecule has 3 aromatic rings. The fraction of sp³-hybridized carbons (Fsp3) is 0.263. The van der Waals surface area contributed by atoms with Gasteiger partial charge in [0, 0.05) is 30.8 Å². The predicted octanol–water partition coefficient (Wildman–Crippen LogP) is 4.26. The van der Waals surface area contributed by atoms with Gasteiger partial charge in [-0.15, -0.1) is 0 Å². The van der Waals surface area contributed by atoms with Crippen LogP contribution in [-0.2, 0) is 5.75 Å². The van der Waals surface area contributed by atoms with Gasteiger partial charge in [-0.2, -0.15) is 0 Å². The van der Waals surface area contributed by atoms with Crippen molar-refractivity contribution >= 4 is 34.2 Å². The highest BCUT2D eigenvalue weighted by atomic mass is 32.2. The number of aromatic nitrogens is 2. The standard InChI is InChI=1S/C19H20N4OS/c1-2-23-11-10-15(22-24)14-7-5-6-13(18(14)23)12-25-19-20-16-8-3-4-9-17(16)21-19/h3-9,24H,2,10-12H2,1H3,(H,20,21)/b22-15-. The minimum absolute atomic E-state index is 0.773. The van der Waals surface area contributed by atoms with Crippen LogP contribution in [0.25, 0.3) is 11.0 Å². The number of aromatic amines is 1. The topological polar surface area (TPSA) is 64.5 Å². The highest BCUT2D eigenvalue weighted by molar-refractivity contribution is 7.98. The van der Waals surface area contributed by atoms with Crippen molar-refractivity contribution < 1.29 is 5.21 Å². The first-order valence-corrected chi connectivity index (χ1v) is 9.44. The van der Waals surface area contributed by atoms with E-state index in [1.54, 1.807) is 11.8 Å². The van der Waals surface area contributed by atoms with E-state index in [1.165, 1.54) is 11.3 Å². The summed E-state index contributed by atoms with van der Waals surface area (Å²) in [5, 5.41) is 13.8. The van der Waals surface area contributed by atoms with Crippen LogP contribution in [0.2, 0.25) is 0 Å². The third kappa shape index (κ3) is 2.98. The highest BCUT2D eigenvalue weighted by Crippen LogP contribution is 2.34. The Morgan fingerprint density at radius 3 is 2.92 bits per heavy atom. The molecule has 0 atom stereocenters. The highest BCUT2D eigenvalue weighted by Gasteiger charge is 2.23. The van der Waals surface area contributed by atoms with Crippen LogP contribution in [0.4, 0.5) is 5.69 Å². The molecule has 0 aliphatic carbocycles. The van der Waals surface area contributed by atoms with Gasteiger partial charge in [-0.1, -0.05) is 47.2 Å². The molecular weight excluding hydrogens is 332 g/mol. The number of para-hydroxylation sites is 3. The molecule has 2 aromatic carbocycles. The number of fused-ring (bicyclic) bond motifs is 2. The lowest BCUT2D eigenvalue weighted by Gasteiger charge is -2.32. The zero-order valence-electron chi connectivity index (χ0n) is 14.1. The zero-order valence-corrected chi connectivity index (χ0v) is 14.9. The molecule has 0 amide bonds. The Labute approximate surface area is 150 Å². The van der Waals surface area contributed by atoms with E-state index < -0.39 is 0 Å². The lowest BCUT2D eigenvalue weighted by Crippen LogP contribution is -2.33. The Morgan fingerprint density at radius 2 is 2.12 bits per heavy atom. The first kappa shape index (κ1) is 16.0. The maximum atomic E-state index is 9.33. The Morgan fingerprint density at radius 1 is 1.24 bits per heavy atom. The van der Waals surface area contributed by atoms with E-state index in [0.29, 0.717) is 0 Å². The van der Waals surface area contributed by atoms with E-state index >= 15 is 0 Å². The molecule has 0 bridgehead atoms. The van der Waals surface area contributed by atoms with Crippen LogP contribution in [-0.4, -0.2) is 34.0 Å². The largest absolute Gasteiger partial charge is 0.411 e. The predicted molar refractivity (Wildman–Crippen MR) is 103 cm³/mol. The van der Waals surface area contributed by atoms with Crippen LogP contribution >= 0.6 is 11.8 Å². The van der Waals surface area contributed by atoms with Gasteiger partial charge < -0.3 is 15.1 Å². The maximum Gasteiger partial charge on any atom is 0.166 e. The molecule has 0 saturated carbocycles. The van der Waals surface area contributed by atoms with E-state index in [9.17, 15) is 5.21 Å². The maximum absolute atomic E-state index is 9.33. The molecule has 25 heavy (non-hydrogen) atoms. The van der Waals surface area contributed by atoms with Gasteiger partial charge in [0.15, 0.2) is 5.16 Å². The summed E-state index contributed by atoms with van der Waals surface area (Å²) >= 11 is 1.70. The van der Waals surface area contributed by atoms with E-state index in [1.807, 2.05) is 36.4 Å². The van der Waals surface area contributed by atoms with Gasteiger partial charge in [-0.05, 0) is 24.6 Å². The summed E-state index contributed by atoms with van der Waals surface area (Å²) in [6.07, 6.45) is 0.775. The molecule has 0 spiro atoms. The van der Waals surface area contributed by atoms with Crippen LogP contribution < -0.4 is 4.90 Å². The average Bonchev–Trinajstić information content (AvgIpc) is 3.08. The number of imidazole rings is 1. The van der Waals surface area contributed by atoms with Gasteiger partial charge in [0.25, 0.3) is 0 Å². The van der Waals surface area contributed by atoms with Crippen molar-refractivity contribution in [1.82, 2.24) is 9.97 Å². The summed E-state index contributed by atoms with van der Waals surface area (Å²) in [5.74, 6) is 0.818. The Bertz CT molecular complexity index is 901. The molecule has 0 radical (unpaired) electrons. The second-order valence-electron chi connectivity index (χ2n) is 6.04. The van der Waals surface area contributed by atoms with Crippen molar-refractivity contribution in [2.75, 3.05) is 18.0 Å². The smallest absolute Gasteiger partial charge is 0.166 e. The van der Waals surface area contributed by atoms with Crippen LogP contribution in [0.3, 0.4) is 0 Å². The number of rotatable bonds is 4. The second kappa shape index (κ2) is 6.80. The normalized spacial score (nSPS) is 15.7. The number of benzene rings is 2. The number of H-pyrrole nitrogens is 1. The summed E-state index contributed by atoms with van der Waals surface area (Å²) in [4.78, 5) is 10.4. The summed E-state index contributed by atoms with van der Waals surface area (Å²) in [5.41, 5.74) is 6.29. The molecule has 2 heterocycles. The molecule has 2 N–H and O–H groups in total. The quantitative estimate of drug-likeness (QED) is 0.418. The lowest BCUT2D eigenvalue weighted by molar-refractivity contribution is 0.318. The molecule has 0 unspecified atom stereocenters. The molecule has 1 aromatic heterocycles. The van der Waals surface area contributed by atoms with Crippen molar-refractivity contribution in [3.8, 4) is 0 Å². The third-order valence-electron chi connectivity index (χ3n) is 4.60. The molecule has 4 rings (SSSR count). The monoisotopic (exact) mass is 352 g/mol. The van der Waals surface area contributed by atoms with E-state index in [4.69, 9.17) is 0 Å².